The predicted octanol–water partition coefficient (Wildman–Crippen LogP) is 2.64. The number of ether oxygens (including phenoxy) is 1. The average molecular weight is 299 g/mol. The zero-order valence-electron chi connectivity index (χ0n) is 12.2. The zero-order valence-corrected chi connectivity index (χ0v) is 12.2. The summed E-state index contributed by atoms with van der Waals surface area (Å²) in [6.45, 7) is 1.64. The maximum absolute atomic E-state index is 11.9. The first-order chi connectivity index (χ1) is 10.6. The number of carbonyl (C=O) groups is 2. The van der Waals surface area contributed by atoms with Crippen LogP contribution in [0.4, 0.5) is 0 Å². The van der Waals surface area contributed by atoms with E-state index in [2.05, 4.69) is 5.32 Å². The number of carboxylic acid groups (broad SMARTS) is 1. The standard InChI is InChI=1S/C17H17NO4/c1-12(13-7-3-2-4-8-13)18-16(19)11-22-15-10-6-5-9-14(15)17(20)21/h2-10,12H,11H2,1H3,(H,18,19)(H,20,21). The molecule has 0 aliphatic heterocycles. The highest BCUT2D eigenvalue weighted by molar-refractivity contribution is 5.91. The van der Waals surface area contributed by atoms with E-state index in [0.717, 1.165) is 5.56 Å². The second-order valence-corrected chi connectivity index (χ2v) is 4.79. The summed E-state index contributed by atoms with van der Waals surface area (Å²) in [7, 11) is 0. The Kier molecular flexibility index (Phi) is 5.14. The molecule has 1 amide bonds. The van der Waals surface area contributed by atoms with E-state index in [-0.39, 0.29) is 29.9 Å². The summed E-state index contributed by atoms with van der Waals surface area (Å²) in [6.07, 6.45) is 0. The van der Waals surface area contributed by atoms with Crippen LogP contribution in [-0.2, 0) is 4.79 Å². The lowest BCUT2D eigenvalue weighted by atomic mass is 10.1. The first-order valence-corrected chi connectivity index (χ1v) is 6.87. The van der Waals surface area contributed by atoms with E-state index in [1.54, 1.807) is 12.1 Å². The maximum Gasteiger partial charge on any atom is 0.339 e. The lowest BCUT2D eigenvalue weighted by Crippen LogP contribution is -2.31. The molecule has 1 unspecified atom stereocenters. The Balaban J connectivity index is 1.92. The minimum Gasteiger partial charge on any atom is -0.483 e. The lowest BCUT2D eigenvalue weighted by Gasteiger charge is -2.15. The molecule has 114 valence electrons. The molecule has 0 spiro atoms. The quantitative estimate of drug-likeness (QED) is 0.859. The van der Waals surface area contributed by atoms with Crippen LogP contribution >= 0.6 is 0 Å². The third-order valence-corrected chi connectivity index (χ3v) is 3.15. The summed E-state index contributed by atoms with van der Waals surface area (Å²) in [5.41, 5.74) is 1.02. The Morgan fingerprint density at radius 2 is 1.73 bits per heavy atom. The van der Waals surface area contributed by atoms with Crippen molar-refractivity contribution >= 4 is 11.9 Å². The fraction of sp³-hybridized carbons (Fsp3) is 0.176. The number of nitrogens with one attached hydrogen (secondary N) is 1. The summed E-state index contributed by atoms with van der Waals surface area (Å²) in [6, 6.07) is 15.6. The Morgan fingerprint density at radius 3 is 2.41 bits per heavy atom. The highest BCUT2D eigenvalue weighted by Gasteiger charge is 2.13. The van der Waals surface area contributed by atoms with Crippen molar-refractivity contribution in [1.82, 2.24) is 5.32 Å². The van der Waals surface area contributed by atoms with Crippen LogP contribution in [0.3, 0.4) is 0 Å². The van der Waals surface area contributed by atoms with Gasteiger partial charge < -0.3 is 15.2 Å². The van der Waals surface area contributed by atoms with Gasteiger partial charge in [-0.15, -0.1) is 0 Å². The molecule has 22 heavy (non-hydrogen) atoms. The number of hydrogen-bond donors (Lipinski definition) is 2. The van der Waals surface area contributed by atoms with Crippen LogP contribution in [0.2, 0.25) is 0 Å². The Hall–Kier alpha value is -2.82. The third kappa shape index (κ3) is 4.09. The predicted molar refractivity (Wildman–Crippen MR) is 81.9 cm³/mol. The molecule has 0 aromatic heterocycles. The van der Waals surface area contributed by atoms with Gasteiger partial charge in [0.25, 0.3) is 5.91 Å². The molecule has 0 fully saturated rings. The minimum absolute atomic E-state index is 0.0337. The molecule has 0 heterocycles. The van der Waals surface area contributed by atoms with Gasteiger partial charge in [0, 0.05) is 0 Å². The van der Waals surface area contributed by atoms with Crippen LogP contribution in [0, 0.1) is 0 Å². The number of carbonyl (C=O) groups excluding carboxylic acids is 1. The van der Waals surface area contributed by atoms with E-state index in [1.165, 1.54) is 12.1 Å². The molecule has 2 aromatic carbocycles. The molecule has 0 bridgehead atoms. The summed E-state index contributed by atoms with van der Waals surface area (Å²) in [5, 5.41) is 11.8. The van der Waals surface area contributed by atoms with Crippen LogP contribution in [-0.4, -0.2) is 23.6 Å². The van der Waals surface area contributed by atoms with Gasteiger partial charge in [-0.3, -0.25) is 4.79 Å². The molecule has 0 radical (unpaired) electrons. The monoisotopic (exact) mass is 299 g/mol. The summed E-state index contributed by atoms with van der Waals surface area (Å²) >= 11 is 0. The van der Waals surface area contributed by atoms with Crippen molar-refractivity contribution in [2.45, 2.75) is 13.0 Å². The van der Waals surface area contributed by atoms with Gasteiger partial charge in [-0.25, -0.2) is 4.79 Å². The van der Waals surface area contributed by atoms with Crippen molar-refractivity contribution in [2.24, 2.45) is 0 Å². The van der Waals surface area contributed by atoms with Crippen LogP contribution in [0.15, 0.2) is 54.6 Å². The Labute approximate surface area is 128 Å². The second-order valence-electron chi connectivity index (χ2n) is 4.79. The van der Waals surface area contributed by atoms with E-state index < -0.39 is 5.97 Å². The van der Waals surface area contributed by atoms with E-state index >= 15 is 0 Å². The Morgan fingerprint density at radius 1 is 1.09 bits per heavy atom. The average Bonchev–Trinajstić information content (AvgIpc) is 2.54. The van der Waals surface area contributed by atoms with Crippen molar-refractivity contribution in [3.63, 3.8) is 0 Å². The number of hydrogen-bond acceptors (Lipinski definition) is 3. The number of aromatic carboxylic acids is 1. The molecule has 1 atom stereocenters. The van der Waals surface area contributed by atoms with E-state index in [4.69, 9.17) is 9.84 Å². The van der Waals surface area contributed by atoms with Gasteiger partial charge in [0.1, 0.15) is 11.3 Å². The molecule has 5 heteroatoms. The fourth-order valence-electron chi connectivity index (χ4n) is 2.02. The smallest absolute Gasteiger partial charge is 0.339 e. The Bertz CT molecular complexity index is 655. The van der Waals surface area contributed by atoms with Crippen LogP contribution in [0.25, 0.3) is 0 Å². The molecule has 2 N–H and O–H groups in total. The number of rotatable bonds is 6. The van der Waals surface area contributed by atoms with Gasteiger partial charge in [-0.1, -0.05) is 42.5 Å². The topological polar surface area (TPSA) is 75.6 Å². The van der Waals surface area contributed by atoms with Crippen molar-refractivity contribution in [3.8, 4) is 5.75 Å². The van der Waals surface area contributed by atoms with Gasteiger partial charge in [-0.2, -0.15) is 0 Å². The van der Waals surface area contributed by atoms with Gasteiger partial charge in [0.05, 0.1) is 6.04 Å². The van der Waals surface area contributed by atoms with E-state index in [0.29, 0.717) is 0 Å². The van der Waals surface area contributed by atoms with Crippen molar-refractivity contribution < 1.29 is 19.4 Å². The number of benzene rings is 2. The van der Waals surface area contributed by atoms with E-state index in [9.17, 15) is 9.59 Å². The molecule has 5 nitrogen and oxygen atoms in total. The molecule has 0 saturated heterocycles. The first kappa shape index (κ1) is 15.6. The summed E-state index contributed by atoms with van der Waals surface area (Å²) in [4.78, 5) is 22.9. The first-order valence-electron chi connectivity index (χ1n) is 6.87. The lowest BCUT2D eigenvalue weighted by molar-refractivity contribution is -0.123. The van der Waals surface area contributed by atoms with Crippen molar-refractivity contribution in [2.75, 3.05) is 6.61 Å². The third-order valence-electron chi connectivity index (χ3n) is 3.15. The van der Waals surface area contributed by atoms with Crippen LogP contribution in [0.5, 0.6) is 5.75 Å². The second kappa shape index (κ2) is 7.26. The fourth-order valence-corrected chi connectivity index (χ4v) is 2.02. The largest absolute Gasteiger partial charge is 0.483 e. The molecule has 0 aliphatic carbocycles. The molecular formula is C17H17NO4. The summed E-state index contributed by atoms with van der Waals surface area (Å²) in [5.74, 6) is -1.22. The highest BCUT2D eigenvalue weighted by Crippen LogP contribution is 2.17. The normalized spacial score (nSPS) is 11.5. The molecular weight excluding hydrogens is 282 g/mol. The number of carboxylic acids is 1. The maximum atomic E-state index is 11.9. The molecule has 0 saturated carbocycles. The van der Waals surface area contributed by atoms with E-state index in [1.807, 2.05) is 37.3 Å². The number of para-hydroxylation sites is 1. The van der Waals surface area contributed by atoms with Crippen LogP contribution in [0.1, 0.15) is 28.9 Å². The highest BCUT2D eigenvalue weighted by atomic mass is 16.5. The van der Waals surface area contributed by atoms with Gasteiger partial charge in [-0.05, 0) is 24.6 Å². The zero-order chi connectivity index (χ0) is 15.9. The summed E-state index contributed by atoms with van der Waals surface area (Å²) < 4.78 is 5.30. The minimum atomic E-state index is -1.09. The SMILES string of the molecule is CC(NC(=O)COc1ccccc1C(=O)O)c1ccccc1. The molecule has 0 aliphatic rings. The molecule has 2 aromatic rings. The van der Waals surface area contributed by atoms with Crippen molar-refractivity contribution in [1.29, 1.82) is 0 Å². The van der Waals surface area contributed by atoms with Gasteiger partial charge >= 0.3 is 5.97 Å². The van der Waals surface area contributed by atoms with Gasteiger partial charge in [0.2, 0.25) is 0 Å². The molecule has 2 rings (SSSR count). The van der Waals surface area contributed by atoms with Crippen LogP contribution < -0.4 is 10.1 Å². The number of amides is 1. The van der Waals surface area contributed by atoms with Gasteiger partial charge in [0.15, 0.2) is 6.61 Å². The van der Waals surface area contributed by atoms with Crippen molar-refractivity contribution in [3.05, 3.63) is 65.7 Å².